The average molecular weight is 282 g/mol. The van der Waals surface area contributed by atoms with Crippen LogP contribution in [0.2, 0.25) is 0 Å². The minimum atomic E-state index is -0.493. The van der Waals surface area contributed by atoms with Crippen LogP contribution in [0.25, 0.3) is 10.8 Å². The lowest BCUT2D eigenvalue weighted by Gasteiger charge is -2.06. The van der Waals surface area contributed by atoms with Crippen LogP contribution >= 0.6 is 0 Å². The number of oxazole rings is 1. The van der Waals surface area contributed by atoms with E-state index in [9.17, 15) is 4.79 Å². The normalized spacial score (nSPS) is 10.5. The van der Waals surface area contributed by atoms with Gasteiger partial charge in [-0.3, -0.25) is 0 Å². The Hall–Kier alpha value is -2.82. The van der Waals surface area contributed by atoms with Crippen molar-refractivity contribution >= 4 is 28.4 Å². The van der Waals surface area contributed by atoms with Crippen molar-refractivity contribution in [3.63, 3.8) is 0 Å². The van der Waals surface area contributed by atoms with Crippen molar-refractivity contribution in [3.05, 3.63) is 54.4 Å². The summed E-state index contributed by atoms with van der Waals surface area (Å²) in [4.78, 5) is 15.6. The number of anilines is 2. The molecule has 0 radical (unpaired) electrons. The summed E-state index contributed by atoms with van der Waals surface area (Å²) < 4.78 is 10.1. The first-order valence-electron chi connectivity index (χ1n) is 6.65. The van der Waals surface area contributed by atoms with E-state index in [2.05, 4.69) is 10.3 Å². The van der Waals surface area contributed by atoms with Crippen molar-refractivity contribution in [2.45, 2.75) is 6.92 Å². The summed E-state index contributed by atoms with van der Waals surface area (Å²) in [5.74, 6) is -0.493. The molecule has 21 heavy (non-hydrogen) atoms. The SMILES string of the molecule is CCOC(=O)c1coc(Nc2cccc3ccccc23)n1. The van der Waals surface area contributed by atoms with Crippen LogP contribution in [0.4, 0.5) is 11.7 Å². The van der Waals surface area contributed by atoms with Crippen LogP contribution in [-0.4, -0.2) is 17.6 Å². The maximum Gasteiger partial charge on any atom is 0.360 e. The number of aromatic nitrogens is 1. The zero-order chi connectivity index (χ0) is 14.7. The van der Waals surface area contributed by atoms with Crippen molar-refractivity contribution in [1.29, 1.82) is 0 Å². The molecule has 0 spiro atoms. The first-order valence-corrected chi connectivity index (χ1v) is 6.65. The number of rotatable bonds is 4. The maximum atomic E-state index is 11.6. The lowest BCUT2D eigenvalue weighted by molar-refractivity contribution is 0.0519. The number of nitrogens with one attached hydrogen (secondary N) is 1. The highest BCUT2D eigenvalue weighted by atomic mass is 16.5. The Morgan fingerprint density at radius 3 is 2.90 bits per heavy atom. The van der Waals surface area contributed by atoms with Crippen molar-refractivity contribution in [1.82, 2.24) is 4.98 Å². The molecule has 5 nitrogen and oxygen atoms in total. The molecule has 2 aromatic carbocycles. The number of carbonyl (C=O) groups excluding carboxylic acids is 1. The number of hydrogen-bond donors (Lipinski definition) is 1. The summed E-state index contributed by atoms with van der Waals surface area (Å²) in [6.07, 6.45) is 1.28. The fourth-order valence-corrected chi connectivity index (χ4v) is 2.08. The Morgan fingerprint density at radius 1 is 1.24 bits per heavy atom. The van der Waals surface area contributed by atoms with Gasteiger partial charge in [-0.05, 0) is 18.4 Å². The zero-order valence-corrected chi connectivity index (χ0v) is 11.5. The van der Waals surface area contributed by atoms with Gasteiger partial charge in [-0.25, -0.2) is 4.79 Å². The fraction of sp³-hybridized carbons (Fsp3) is 0.125. The number of benzene rings is 2. The molecule has 106 valence electrons. The molecule has 1 heterocycles. The highest BCUT2D eigenvalue weighted by Gasteiger charge is 2.13. The van der Waals surface area contributed by atoms with Gasteiger partial charge in [0.05, 0.1) is 12.3 Å². The molecule has 0 saturated carbocycles. The van der Waals surface area contributed by atoms with E-state index >= 15 is 0 Å². The number of esters is 1. The highest BCUT2D eigenvalue weighted by Crippen LogP contribution is 2.26. The topological polar surface area (TPSA) is 64.4 Å². The van der Waals surface area contributed by atoms with Crippen LogP contribution in [-0.2, 0) is 4.74 Å². The molecule has 5 heteroatoms. The van der Waals surface area contributed by atoms with Crippen molar-refractivity contribution < 1.29 is 13.9 Å². The average Bonchev–Trinajstić information content (AvgIpc) is 2.97. The Labute approximate surface area is 121 Å². The molecule has 0 saturated heterocycles. The number of hydrogen-bond acceptors (Lipinski definition) is 5. The van der Waals surface area contributed by atoms with Crippen LogP contribution in [0.5, 0.6) is 0 Å². The molecule has 1 aromatic heterocycles. The zero-order valence-electron chi connectivity index (χ0n) is 11.5. The summed E-state index contributed by atoms with van der Waals surface area (Å²) in [6.45, 7) is 2.05. The summed E-state index contributed by atoms with van der Waals surface area (Å²) in [7, 11) is 0. The van der Waals surface area contributed by atoms with Crippen molar-refractivity contribution in [2.75, 3.05) is 11.9 Å². The first-order chi connectivity index (χ1) is 10.3. The monoisotopic (exact) mass is 282 g/mol. The Bertz CT molecular complexity index is 775. The smallest absolute Gasteiger partial charge is 0.360 e. The van der Waals surface area contributed by atoms with Crippen LogP contribution < -0.4 is 5.32 Å². The molecule has 3 aromatic rings. The molecule has 0 aliphatic rings. The predicted molar refractivity (Wildman–Crippen MR) is 79.7 cm³/mol. The molecule has 0 unspecified atom stereocenters. The second-order valence-corrected chi connectivity index (χ2v) is 4.41. The van der Waals surface area contributed by atoms with E-state index < -0.39 is 5.97 Å². The fourth-order valence-electron chi connectivity index (χ4n) is 2.08. The quantitative estimate of drug-likeness (QED) is 0.738. The van der Waals surface area contributed by atoms with Gasteiger partial charge < -0.3 is 14.5 Å². The lowest BCUT2D eigenvalue weighted by Crippen LogP contribution is -2.05. The van der Waals surface area contributed by atoms with Crippen molar-refractivity contribution in [3.8, 4) is 0 Å². The molecular formula is C16H14N2O3. The molecular weight excluding hydrogens is 268 g/mol. The maximum absolute atomic E-state index is 11.6. The summed E-state index contributed by atoms with van der Waals surface area (Å²) >= 11 is 0. The molecule has 1 N–H and O–H groups in total. The standard InChI is InChI=1S/C16H14N2O3/c1-2-20-15(19)14-10-21-16(18-14)17-13-9-5-7-11-6-3-4-8-12(11)13/h3-10H,2H2,1H3,(H,17,18). The minimum absolute atomic E-state index is 0.152. The number of ether oxygens (including phenoxy) is 1. The highest BCUT2D eigenvalue weighted by molar-refractivity contribution is 5.95. The van der Waals surface area contributed by atoms with Gasteiger partial charge in [0.1, 0.15) is 6.26 Å². The largest absolute Gasteiger partial charge is 0.461 e. The van der Waals surface area contributed by atoms with Gasteiger partial charge >= 0.3 is 5.97 Å². The van der Waals surface area contributed by atoms with Gasteiger partial charge in [-0.1, -0.05) is 36.4 Å². The van der Waals surface area contributed by atoms with Crippen molar-refractivity contribution in [2.24, 2.45) is 0 Å². The molecule has 0 aliphatic heterocycles. The Kier molecular flexibility index (Phi) is 3.55. The summed E-state index contributed by atoms with van der Waals surface area (Å²) in [5, 5.41) is 5.24. The minimum Gasteiger partial charge on any atom is -0.461 e. The Morgan fingerprint density at radius 2 is 2.05 bits per heavy atom. The second kappa shape index (κ2) is 5.66. The van der Waals surface area contributed by atoms with Crippen LogP contribution in [0.1, 0.15) is 17.4 Å². The number of fused-ring (bicyclic) bond motifs is 1. The van der Waals surface area contributed by atoms with E-state index in [4.69, 9.17) is 9.15 Å². The van der Waals surface area contributed by atoms with Crippen LogP contribution in [0.3, 0.4) is 0 Å². The van der Waals surface area contributed by atoms with Gasteiger partial charge in [-0.15, -0.1) is 0 Å². The third kappa shape index (κ3) is 2.72. The molecule has 0 aliphatic carbocycles. The Balaban J connectivity index is 1.87. The van der Waals surface area contributed by atoms with E-state index in [0.717, 1.165) is 16.5 Å². The third-order valence-electron chi connectivity index (χ3n) is 3.02. The van der Waals surface area contributed by atoms with E-state index in [1.807, 2.05) is 42.5 Å². The molecule has 3 rings (SSSR count). The summed E-state index contributed by atoms with van der Waals surface area (Å²) in [6, 6.07) is 14.1. The molecule has 0 bridgehead atoms. The molecule has 0 fully saturated rings. The van der Waals surface area contributed by atoms with E-state index in [0.29, 0.717) is 6.61 Å². The summed E-state index contributed by atoms with van der Waals surface area (Å²) in [5.41, 5.74) is 1.02. The van der Waals surface area contributed by atoms with Gasteiger partial charge in [0, 0.05) is 5.39 Å². The number of nitrogens with zero attached hydrogens (tertiary/aromatic N) is 1. The van der Waals surface area contributed by atoms with E-state index in [1.165, 1.54) is 6.26 Å². The third-order valence-corrected chi connectivity index (χ3v) is 3.02. The van der Waals surface area contributed by atoms with Crippen LogP contribution in [0.15, 0.2) is 53.1 Å². The predicted octanol–water partition coefficient (Wildman–Crippen LogP) is 3.75. The number of carbonyl (C=O) groups is 1. The van der Waals surface area contributed by atoms with E-state index in [1.54, 1.807) is 6.92 Å². The molecule has 0 atom stereocenters. The lowest BCUT2D eigenvalue weighted by atomic mass is 10.1. The van der Waals surface area contributed by atoms with Gasteiger partial charge in [0.25, 0.3) is 6.01 Å². The second-order valence-electron chi connectivity index (χ2n) is 4.41. The van der Waals surface area contributed by atoms with Gasteiger partial charge in [0.15, 0.2) is 5.69 Å². The first kappa shape index (κ1) is 13.2. The van der Waals surface area contributed by atoms with Gasteiger partial charge in [-0.2, -0.15) is 4.98 Å². The molecule has 0 amide bonds. The van der Waals surface area contributed by atoms with Gasteiger partial charge in [0.2, 0.25) is 0 Å². The van der Waals surface area contributed by atoms with Crippen LogP contribution in [0, 0.1) is 0 Å². The van der Waals surface area contributed by atoms with E-state index in [-0.39, 0.29) is 11.7 Å².